The number of aliphatic hydroxyl groups excluding tert-OH is 2. The summed E-state index contributed by atoms with van der Waals surface area (Å²) in [4.78, 5) is 0. The molecule has 2 heterocycles. The molecule has 0 aliphatic heterocycles. The van der Waals surface area contributed by atoms with Crippen LogP contribution >= 0.6 is 0 Å². The normalized spacial score (nSPS) is 10.9. The van der Waals surface area contributed by atoms with Crippen molar-refractivity contribution in [1.82, 2.24) is 4.68 Å². The number of aliphatic hydroxyl groups is 2. The highest BCUT2D eigenvalue weighted by Gasteiger charge is 2.12. The van der Waals surface area contributed by atoms with Crippen molar-refractivity contribution < 1.29 is 14.6 Å². The van der Waals surface area contributed by atoms with Gasteiger partial charge in [0.15, 0.2) is 11.5 Å². The lowest BCUT2D eigenvalue weighted by Gasteiger charge is -2.12. The van der Waals surface area contributed by atoms with Crippen LogP contribution < -0.4 is 16.5 Å². The van der Waals surface area contributed by atoms with E-state index in [0.717, 1.165) is 11.3 Å². The third-order valence-corrected chi connectivity index (χ3v) is 2.31. The minimum atomic E-state index is 0.0203. The molecule has 6 N–H and O–H groups in total. The Bertz CT molecular complexity index is 491. The molecule has 0 aliphatic rings. The number of anilines is 2. The van der Waals surface area contributed by atoms with Gasteiger partial charge in [-0.2, -0.15) is 0 Å². The number of hydrogen-bond donors (Lipinski definition) is 5. The van der Waals surface area contributed by atoms with Crippen LogP contribution in [0.15, 0.2) is 16.5 Å². The van der Waals surface area contributed by atoms with Crippen molar-refractivity contribution in [2.24, 2.45) is 0 Å². The van der Waals surface area contributed by atoms with Crippen LogP contribution in [-0.2, 0) is 0 Å². The summed E-state index contributed by atoms with van der Waals surface area (Å²) >= 11 is 0. The highest BCUT2D eigenvalue weighted by atomic mass is 16.3. The highest BCUT2D eigenvalue weighted by Crippen LogP contribution is 2.26. The van der Waals surface area contributed by atoms with E-state index in [1.165, 1.54) is 0 Å². The SMILES string of the molecule is Nc1cc2c(cc(NCCO)n2NCCO)o1. The predicted molar refractivity (Wildman–Crippen MR) is 65.5 cm³/mol. The van der Waals surface area contributed by atoms with E-state index < -0.39 is 0 Å². The lowest BCUT2D eigenvalue weighted by atomic mass is 10.5. The molecule has 0 saturated heterocycles. The molecule has 0 bridgehead atoms. The fraction of sp³-hybridized carbons (Fsp3) is 0.400. The zero-order valence-corrected chi connectivity index (χ0v) is 9.31. The van der Waals surface area contributed by atoms with Crippen LogP contribution in [0.5, 0.6) is 0 Å². The molecule has 94 valence electrons. The van der Waals surface area contributed by atoms with E-state index in [-0.39, 0.29) is 13.2 Å². The maximum Gasteiger partial charge on any atom is 0.193 e. The quantitative estimate of drug-likeness (QED) is 0.476. The van der Waals surface area contributed by atoms with Gasteiger partial charge in [-0.25, -0.2) is 4.68 Å². The van der Waals surface area contributed by atoms with E-state index in [9.17, 15) is 0 Å². The molecule has 2 aromatic heterocycles. The Morgan fingerprint density at radius 3 is 2.71 bits per heavy atom. The van der Waals surface area contributed by atoms with Crippen LogP contribution in [0.1, 0.15) is 0 Å². The number of furan rings is 1. The fourth-order valence-electron chi connectivity index (χ4n) is 1.66. The predicted octanol–water partition coefficient (Wildman–Crippen LogP) is -0.244. The fourth-order valence-corrected chi connectivity index (χ4v) is 1.66. The number of nitrogens with zero attached hydrogens (tertiary/aromatic N) is 1. The largest absolute Gasteiger partial charge is 0.439 e. The Kier molecular flexibility index (Phi) is 3.40. The molecule has 0 unspecified atom stereocenters. The van der Waals surface area contributed by atoms with E-state index in [4.69, 9.17) is 20.4 Å². The van der Waals surface area contributed by atoms with Gasteiger partial charge in [-0.3, -0.25) is 0 Å². The van der Waals surface area contributed by atoms with Crippen molar-refractivity contribution in [3.8, 4) is 0 Å². The summed E-state index contributed by atoms with van der Waals surface area (Å²) < 4.78 is 7.04. The van der Waals surface area contributed by atoms with Crippen molar-refractivity contribution in [2.75, 3.05) is 42.8 Å². The van der Waals surface area contributed by atoms with Crippen molar-refractivity contribution in [1.29, 1.82) is 0 Å². The Labute approximate surface area is 97.8 Å². The van der Waals surface area contributed by atoms with Crippen molar-refractivity contribution in [3.05, 3.63) is 12.1 Å². The van der Waals surface area contributed by atoms with E-state index in [1.54, 1.807) is 16.8 Å². The van der Waals surface area contributed by atoms with E-state index in [0.29, 0.717) is 24.6 Å². The minimum absolute atomic E-state index is 0.0203. The second-order valence-corrected chi connectivity index (χ2v) is 3.55. The first-order valence-electron chi connectivity index (χ1n) is 5.36. The number of nitrogens with one attached hydrogen (secondary N) is 2. The third-order valence-electron chi connectivity index (χ3n) is 2.31. The highest BCUT2D eigenvalue weighted by molar-refractivity contribution is 5.83. The zero-order chi connectivity index (χ0) is 12.3. The molecule has 0 saturated carbocycles. The minimum Gasteiger partial charge on any atom is -0.439 e. The van der Waals surface area contributed by atoms with E-state index in [1.807, 2.05) is 0 Å². The first-order chi connectivity index (χ1) is 8.26. The van der Waals surface area contributed by atoms with Crippen LogP contribution in [0.3, 0.4) is 0 Å². The Hall–Kier alpha value is -1.86. The van der Waals surface area contributed by atoms with Crippen LogP contribution in [0.4, 0.5) is 11.7 Å². The lowest BCUT2D eigenvalue weighted by Crippen LogP contribution is -2.21. The second-order valence-electron chi connectivity index (χ2n) is 3.55. The molecule has 2 aromatic rings. The first-order valence-corrected chi connectivity index (χ1v) is 5.36. The Morgan fingerprint density at radius 2 is 2.00 bits per heavy atom. The van der Waals surface area contributed by atoms with Crippen LogP contribution in [0, 0.1) is 0 Å². The van der Waals surface area contributed by atoms with Gasteiger partial charge in [0.1, 0.15) is 11.3 Å². The second kappa shape index (κ2) is 4.98. The summed E-state index contributed by atoms with van der Waals surface area (Å²) in [6, 6.07) is 3.48. The number of aromatic nitrogens is 1. The maximum atomic E-state index is 8.82. The molecular formula is C10H16N4O3. The lowest BCUT2D eigenvalue weighted by molar-refractivity contribution is 0.306. The molecule has 7 nitrogen and oxygen atoms in total. The topological polar surface area (TPSA) is 109 Å². The monoisotopic (exact) mass is 240 g/mol. The number of hydrogen-bond acceptors (Lipinski definition) is 6. The number of rotatable bonds is 6. The number of nitrogens with two attached hydrogens (primary N) is 1. The molecule has 0 atom stereocenters. The number of nitrogen functional groups attached to an aromatic ring is 1. The summed E-state index contributed by atoms with van der Waals surface area (Å²) in [5.74, 6) is 1.09. The first kappa shape index (κ1) is 11.6. The van der Waals surface area contributed by atoms with Gasteiger partial charge in [0.2, 0.25) is 0 Å². The maximum absolute atomic E-state index is 8.82. The molecule has 7 heteroatoms. The van der Waals surface area contributed by atoms with Gasteiger partial charge in [-0.05, 0) is 0 Å². The van der Waals surface area contributed by atoms with Gasteiger partial charge in [-0.15, -0.1) is 0 Å². The van der Waals surface area contributed by atoms with Gasteiger partial charge in [0, 0.05) is 18.7 Å². The van der Waals surface area contributed by atoms with Gasteiger partial charge in [-0.1, -0.05) is 0 Å². The molecule has 0 aliphatic carbocycles. The summed E-state index contributed by atoms with van der Waals surface area (Å²) in [5, 5.41) is 20.6. The summed E-state index contributed by atoms with van der Waals surface area (Å²) in [6.45, 7) is 0.896. The van der Waals surface area contributed by atoms with Crippen LogP contribution in [0.2, 0.25) is 0 Å². The average molecular weight is 240 g/mol. The molecule has 0 fully saturated rings. The van der Waals surface area contributed by atoms with Gasteiger partial charge < -0.3 is 31.1 Å². The van der Waals surface area contributed by atoms with Crippen molar-refractivity contribution in [3.63, 3.8) is 0 Å². The molecular weight excluding hydrogens is 224 g/mol. The van der Waals surface area contributed by atoms with E-state index in [2.05, 4.69) is 10.7 Å². The summed E-state index contributed by atoms with van der Waals surface area (Å²) in [7, 11) is 0. The Balaban J connectivity index is 2.32. The Morgan fingerprint density at radius 1 is 1.24 bits per heavy atom. The van der Waals surface area contributed by atoms with Crippen LogP contribution in [0.25, 0.3) is 11.1 Å². The molecule has 17 heavy (non-hydrogen) atoms. The van der Waals surface area contributed by atoms with Gasteiger partial charge in [0.25, 0.3) is 0 Å². The molecule has 0 aromatic carbocycles. The molecule has 2 rings (SSSR count). The van der Waals surface area contributed by atoms with Crippen LogP contribution in [-0.4, -0.2) is 41.2 Å². The molecule has 0 radical (unpaired) electrons. The standard InChI is InChI=1S/C10H16N4O3/c11-9-5-7-8(17-9)6-10(12-1-3-15)14(7)13-2-4-16/h5-6,12-13,15-16H,1-4,11H2. The summed E-state index contributed by atoms with van der Waals surface area (Å²) in [5.41, 5.74) is 10.0. The zero-order valence-electron chi connectivity index (χ0n) is 9.31. The van der Waals surface area contributed by atoms with Gasteiger partial charge in [0.05, 0.1) is 19.8 Å². The summed E-state index contributed by atoms with van der Waals surface area (Å²) in [6.07, 6.45) is 0. The third kappa shape index (κ3) is 2.29. The number of fused-ring (bicyclic) bond motifs is 1. The van der Waals surface area contributed by atoms with Crippen molar-refractivity contribution in [2.45, 2.75) is 0 Å². The van der Waals surface area contributed by atoms with E-state index >= 15 is 0 Å². The molecule has 0 amide bonds. The molecule has 0 spiro atoms. The van der Waals surface area contributed by atoms with Gasteiger partial charge >= 0.3 is 0 Å². The smallest absolute Gasteiger partial charge is 0.193 e. The van der Waals surface area contributed by atoms with Crippen molar-refractivity contribution >= 4 is 22.8 Å². The average Bonchev–Trinajstić information content (AvgIpc) is 2.80.